The second-order valence-electron chi connectivity index (χ2n) is 18.1. The number of fused-ring (bicyclic) bond motifs is 1. The number of benzene rings is 2. The number of thiol groups is 2. The van der Waals surface area contributed by atoms with Crippen molar-refractivity contribution in [1.82, 2.24) is 68.1 Å². The first-order valence-corrected chi connectivity index (χ1v) is 26.1. The van der Waals surface area contributed by atoms with Crippen LogP contribution in [0.15, 0.2) is 73.3 Å². The summed E-state index contributed by atoms with van der Waals surface area (Å²) in [5, 5.41) is 41.9. The zero-order valence-electron chi connectivity index (χ0n) is 43.1. The summed E-state index contributed by atoms with van der Waals surface area (Å²) in [5.41, 5.74) is 18.7. The van der Waals surface area contributed by atoms with Crippen LogP contribution >= 0.6 is 25.3 Å². The summed E-state index contributed by atoms with van der Waals surface area (Å²) in [7, 11) is 0. The van der Waals surface area contributed by atoms with E-state index in [1.54, 1.807) is 42.6 Å². The molecule has 2 aromatic carbocycles. The van der Waals surface area contributed by atoms with Crippen LogP contribution in [-0.4, -0.2) is 153 Å². The van der Waals surface area contributed by atoms with Crippen LogP contribution in [0.2, 0.25) is 0 Å². The van der Waals surface area contributed by atoms with Crippen LogP contribution < -0.4 is 70.4 Å². The van der Waals surface area contributed by atoms with E-state index in [1.807, 2.05) is 18.2 Å². The lowest BCUT2D eigenvalue weighted by Gasteiger charge is -2.27. The monoisotopic (exact) mass is 1120 g/mol. The molecule has 20 N–H and O–H groups in total. The number of nitrogens with one attached hydrogen (secondary N) is 14. The number of imidazole rings is 1. The van der Waals surface area contributed by atoms with Crippen molar-refractivity contribution in [2.24, 2.45) is 17.2 Å². The molecular formula is C49H70N18O9S2. The molecule has 8 atom stereocenters. The van der Waals surface area contributed by atoms with Gasteiger partial charge in [0.25, 0.3) is 0 Å². The zero-order valence-corrected chi connectivity index (χ0v) is 44.9. The summed E-state index contributed by atoms with van der Waals surface area (Å²) in [6, 6.07) is 5.50. The van der Waals surface area contributed by atoms with Crippen LogP contribution in [0.5, 0.6) is 0 Å². The summed E-state index contributed by atoms with van der Waals surface area (Å²) < 4.78 is 0. The summed E-state index contributed by atoms with van der Waals surface area (Å²) in [5.74, 6) is -7.99. The first-order chi connectivity index (χ1) is 37.2. The van der Waals surface area contributed by atoms with Crippen LogP contribution in [0.3, 0.4) is 0 Å². The van der Waals surface area contributed by atoms with Gasteiger partial charge >= 0.3 is 0 Å². The molecule has 9 amide bonds. The van der Waals surface area contributed by atoms with E-state index in [4.69, 9.17) is 28.0 Å². The van der Waals surface area contributed by atoms with Gasteiger partial charge in [-0.3, -0.25) is 54.0 Å². The average Bonchev–Trinajstić information content (AvgIpc) is 4.10. The molecule has 2 aromatic heterocycles. The van der Waals surface area contributed by atoms with Crippen LogP contribution in [0.25, 0.3) is 10.9 Å². The largest absolute Gasteiger partial charge is 0.370 e. The standard InChI is InChI=1S/C49H70N18O9S2/c1-26(60-47(76)39(24-78)67-42(71)33(61-27(2)68)14-8-16-56-48(51)52)41(70)63-37(20-30-22-55-25-59-30)46(75)64-35(18-28-10-4-3-5-11-28)44(73)62-34(15-9-17-57-49(53)54)43(72)65-36(45(74)66-38(23-77)40(50)69)19-29-21-58-32-13-7-6-12-31(29)32/h3-7,10-13,21-22,25-26,33-39,58,77-78H,8-9,14-20,23-24H2,1-2H3,(H2,50,69)(H,55,59)(H,60,76)(H,61,68)(H,62,73)(H,63,70)(H,64,75)(H,65,72)(H,66,74)(H,67,71)(H4,51,52,56)(H4,53,54,57). The van der Waals surface area contributed by atoms with Gasteiger partial charge in [-0.1, -0.05) is 48.5 Å². The molecule has 0 fully saturated rings. The quantitative estimate of drug-likeness (QED) is 0.00987. The van der Waals surface area contributed by atoms with E-state index < -0.39 is 101 Å². The highest BCUT2D eigenvalue weighted by Gasteiger charge is 2.34. The number of para-hydroxylation sites is 1. The van der Waals surface area contributed by atoms with Gasteiger partial charge in [-0.2, -0.15) is 25.3 Å². The second-order valence-corrected chi connectivity index (χ2v) is 18.8. The molecule has 0 bridgehead atoms. The van der Waals surface area contributed by atoms with E-state index in [2.05, 4.69) is 93.4 Å². The molecule has 2 heterocycles. The van der Waals surface area contributed by atoms with Crippen LogP contribution in [-0.2, 0) is 62.4 Å². The molecule has 0 aliphatic heterocycles. The number of aromatic nitrogens is 3. The lowest BCUT2D eigenvalue weighted by atomic mass is 10.0. The molecule has 0 radical (unpaired) electrons. The van der Waals surface area contributed by atoms with Crippen LogP contribution in [0, 0.1) is 10.8 Å². The van der Waals surface area contributed by atoms with Gasteiger partial charge in [0.1, 0.15) is 48.3 Å². The Kier molecular flexibility index (Phi) is 25.2. The number of carbonyl (C=O) groups is 9. The van der Waals surface area contributed by atoms with Gasteiger partial charge in [-0.25, -0.2) is 4.98 Å². The van der Waals surface area contributed by atoms with Gasteiger partial charge in [-0.05, 0) is 49.8 Å². The van der Waals surface area contributed by atoms with E-state index in [1.165, 1.54) is 26.4 Å². The maximum Gasteiger partial charge on any atom is 0.244 e. The molecule has 29 heteroatoms. The Morgan fingerprint density at radius 1 is 0.564 bits per heavy atom. The summed E-state index contributed by atoms with van der Waals surface area (Å²) in [6.07, 6.45) is 4.68. The molecule has 422 valence electrons. The van der Waals surface area contributed by atoms with Crippen molar-refractivity contribution in [1.29, 1.82) is 10.8 Å². The van der Waals surface area contributed by atoms with Crippen molar-refractivity contribution in [2.75, 3.05) is 24.6 Å². The minimum absolute atomic E-state index is 0.0686. The molecule has 0 aliphatic rings. The number of amides is 9. The van der Waals surface area contributed by atoms with Gasteiger partial charge < -0.3 is 80.3 Å². The fraction of sp³-hybridized carbons (Fsp3) is 0.429. The molecule has 0 saturated carbocycles. The van der Waals surface area contributed by atoms with Crippen molar-refractivity contribution >= 4 is 101 Å². The third-order valence-electron chi connectivity index (χ3n) is 12.0. The third kappa shape index (κ3) is 20.7. The molecule has 0 saturated heterocycles. The lowest BCUT2D eigenvalue weighted by molar-refractivity contribution is -0.135. The minimum atomic E-state index is -1.43. The van der Waals surface area contributed by atoms with Gasteiger partial charge in [0.15, 0.2) is 11.9 Å². The van der Waals surface area contributed by atoms with Crippen LogP contribution in [0.1, 0.15) is 56.4 Å². The third-order valence-corrected chi connectivity index (χ3v) is 12.7. The average molecular weight is 1120 g/mol. The predicted octanol–water partition coefficient (Wildman–Crippen LogP) is -3.29. The molecule has 0 spiro atoms. The van der Waals surface area contributed by atoms with Crippen molar-refractivity contribution < 1.29 is 43.2 Å². The zero-order chi connectivity index (χ0) is 57.3. The normalized spacial score (nSPS) is 14.0. The number of guanidine groups is 2. The fourth-order valence-corrected chi connectivity index (χ4v) is 8.42. The van der Waals surface area contributed by atoms with E-state index in [0.717, 1.165) is 10.9 Å². The van der Waals surface area contributed by atoms with E-state index in [-0.39, 0.29) is 75.0 Å². The Balaban J connectivity index is 1.58. The molecule has 4 rings (SSSR count). The number of primary amides is 1. The number of aromatic amines is 2. The maximum atomic E-state index is 14.6. The Morgan fingerprint density at radius 3 is 1.58 bits per heavy atom. The number of hydrogen-bond donors (Lipinski definition) is 19. The number of nitrogens with two attached hydrogens (primary N) is 3. The first-order valence-electron chi connectivity index (χ1n) is 24.8. The Bertz CT molecular complexity index is 2710. The van der Waals surface area contributed by atoms with Gasteiger partial charge in [0, 0.05) is 74.1 Å². The molecule has 0 aliphatic carbocycles. The molecule has 27 nitrogen and oxygen atoms in total. The van der Waals surface area contributed by atoms with Gasteiger partial charge in [-0.15, -0.1) is 0 Å². The highest BCUT2D eigenvalue weighted by atomic mass is 32.1. The minimum Gasteiger partial charge on any atom is -0.370 e. The lowest BCUT2D eigenvalue weighted by Crippen LogP contribution is -2.61. The van der Waals surface area contributed by atoms with Gasteiger partial charge in [0.05, 0.1) is 12.0 Å². The summed E-state index contributed by atoms with van der Waals surface area (Å²) >= 11 is 8.36. The summed E-state index contributed by atoms with van der Waals surface area (Å²) in [4.78, 5) is 132. The molecule has 78 heavy (non-hydrogen) atoms. The maximum absolute atomic E-state index is 14.6. The topological polar surface area (TPSA) is 444 Å². The van der Waals surface area contributed by atoms with Gasteiger partial charge in [0.2, 0.25) is 53.2 Å². The number of carbonyl (C=O) groups excluding carboxylic acids is 9. The highest BCUT2D eigenvalue weighted by Crippen LogP contribution is 2.20. The smallest absolute Gasteiger partial charge is 0.244 e. The fourth-order valence-electron chi connectivity index (χ4n) is 7.89. The van der Waals surface area contributed by atoms with E-state index in [9.17, 15) is 43.2 Å². The highest BCUT2D eigenvalue weighted by molar-refractivity contribution is 7.80. The number of H-pyrrole nitrogens is 2. The molecule has 4 aromatic rings. The van der Waals surface area contributed by atoms with Crippen molar-refractivity contribution in [3.05, 3.63) is 90.1 Å². The van der Waals surface area contributed by atoms with Crippen molar-refractivity contribution in [2.45, 2.75) is 107 Å². The predicted molar refractivity (Wildman–Crippen MR) is 296 cm³/mol. The number of rotatable bonds is 32. The first kappa shape index (κ1) is 62.2. The molecular weight excluding hydrogens is 1050 g/mol. The number of hydrogen-bond acceptors (Lipinski definition) is 14. The van der Waals surface area contributed by atoms with E-state index in [0.29, 0.717) is 23.2 Å². The molecule has 8 unspecified atom stereocenters. The Hall–Kier alpha value is -8.34. The SMILES string of the molecule is CC(=O)NC(CCCNC(=N)N)C(=O)NC(CS)C(=O)NC(C)C(=O)NC(Cc1c[nH]cn1)C(=O)NC(Cc1ccccc1)C(=O)NC(CCCNC(=N)N)C(=O)NC(Cc1c[nH]c2ccccc12)C(=O)NC(CS)C(N)=O. The number of nitrogens with zero attached hydrogens (tertiary/aromatic N) is 1. The van der Waals surface area contributed by atoms with Crippen LogP contribution in [0.4, 0.5) is 0 Å². The summed E-state index contributed by atoms with van der Waals surface area (Å²) in [6.45, 7) is 2.90. The van der Waals surface area contributed by atoms with E-state index >= 15 is 0 Å². The Morgan fingerprint density at radius 2 is 1.04 bits per heavy atom. The van der Waals surface area contributed by atoms with Crippen molar-refractivity contribution in [3.63, 3.8) is 0 Å². The second kappa shape index (κ2) is 31.6. The Labute approximate surface area is 460 Å². The van der Waals surface area contributed by atoms with Crippen molar-refractivity contribution in [3.8, 4) is 0 Å².